The maximum atomic E-state index is 12.4. The van der Waals surface area contributed by atoms with E-state index in [0.29, 0.717) is 0 Å². The molecule has 1 aliphatic carbocycles. The maximum absolute atomic E-state index is 12.4. The van der Waals surface area contributed by atoms with Crippen LogP contribution in [0.3, 0.4) is 0 Å². The predicted molar refractivity (Wildman–Crippen MR) is 71.3 cm³/mol. The molecule has 21 heavy (non-hydrogen) atoms. The van der Waals surface area contributed by atoms with Gasteiger partial charge in [-0.05, 0) is 30.4 Å². The van der Waals surface area contributed by atoms with Gasteiger partial charge in [0.25, 0.3) is 12.3 Å². The van der Waals surface area contributed by atoms with Gasteiger partial charge in [0.05, 0.1) is 13.0 Å². The molecule has 1 saturated carbocycles. The van der Waals surface area contributed by atoms with E-state index in [4.69, 9.17) is 5.11 Å². The minimum absolute atomic E-state index is 0.0192. The fourth-order valence-electron chi connectivity index (χ4n) is 2.70. The lowest BCUT2D eigenvalue weighted by molar-refractivity contribution is -0.141. The third kappa shape index (κ3) is 3.80. The van der Waals surface area contributed by atoms with Crippen molar-refractivity contribution in [3.05, 3.63) is 24.0 Å². The molecule has 0 spiro atoms. The number of hydrogen-bond donors (Lipinski definition) is 2. The summed E-state index contributed by atoms with van der Waals surface area (Å²) in [5.41, 5.74) is -0.221. The Labute approximate surface area is 120 Å². The SMILES string of the molecule is O=C(O)CC1(CNC(=O)c2cccn2CC(F)F)CCC1. The zero-order valence-electron chi connectivity index (χ0n) is 11.5. The standard InChI is InChI=1S/C14H18F2N2O3/c15-11(16)8-18-6-1-3-10(18)13(21)17-9-14(4-2-5-14)7-12(19)20/h1,3,6,11H,2,4-5,7-9H2,(H,17,21)(H,19,20). The normalized spacial score (nSPS) is 16.5. The highest BCUT2D eigenvalue weighted by molar-refractivity contribution is 5.92. The maximum Gasteiger partial charge on any atom is 0.303 e. The van der Waals surface area contributed by atoms with E-state index in [9.17, 15) is 18.4 Å². The Morgan fingerprint density at radius 3 is 2.67 bits per heavy atom. The number of hydrogen-bond acceptors (Lipinski definition) is 2. The number of halogens is 2. The Balaban J connectivity index is 1.95. The molecule has 0 atom stereocenters. The highest BCUT2D eigenvalue weighted by atomic mass is 19.3. The van der Waals surface area contributed by atoms with E-state index in [1.54, 1.807) is 0 Å². The number of alkyl halides is 2. The summed E-state index contributed by atoms with van der Waals surface area (Å²) >= 11 is 0. The number of nitrogens with zero attached hydrogens (tertiary/aromatic N) is 1. The molecule has 0 saturated heterocycles. The second-order valence-electron chi connectivity index (χ2n) is 5.54. The summed E-state index contributed by atoms with van der Waals surface area (Å²) in [4.78, 5) is 22.9. The van der Waals surface area contributed by atoms with Crippen LogP contribution in [0, 0.1) is 5.41 Å². The first kappa shape index (κ1) is 15.5. The molecule has 2 N–H and O–H groups in total. The summed E-state index contributed by atoms with van der Waals surface area (Å²) in [6.07, 6.45) is 1.39. The van der Waals surface area contributed by atoms with Crippen molar-refractivity contribution in [2.24, 2.45) is 5.41 Å². The van der Waals surface area contributed by atoms with Crippen LogP contribution >= 0.6 is 0 Å². The number of carbonyl (C=O) groups excluding carboxylic acids is 1. The Bertz CT molecular complexity index is 524. The largest absolute Gasteiger partial charge is 0.481 e. The van der Waals surface area contributed by atoms with Gasteiger partial charge in [-0.15, -0.1) is 0 Å². The van der Waals surface area contributed by atoms with Crippen LogP contribution in [-0.4, -0.2) is 34.5 Å². The fraction of sp³-hybridized carbons (Fsp3) is 0.571. The number of carboxylic acid groups (broad SMARTS) is 1. The lowest BCUT2D eigenvalue weighted by Gasteiger charge is -2.40. The Morgan fingerprint density at radius 1 is 1.43 bits per heavy atom. The van der Waals surface area contributed by atoms with E-state index < -0.39 is 24.8 Å². The van der Waals surface area contributed by atoms with Gasteiger partial charge in [0.15, 0.2) is 0 Å². The molecular weight excluding hydrogens is 282 g/mol. The number of aromatic nitrogens is 1. The molecule has 1 heterocycles. The number of rotatable bonds is 7. The van der Waals surface area contributed by atoms with Crippen molar-refractivity contribution in [3.8, 4) is 0 Å². The van der Waals surface area contributed by atoms with Crippen molar-refractivity contribution < 1.29 is 23.5 Å². The number of aliphatic carboxylic acids is 1. The number of carboxylic acids is 1. The summed E-state index contributed by atoms with van der Waals surface area (Å²) in [7, 11) is 0. The van der Waals surface area contributed by atoms with E-state index in [-0.39, 0.29) is 24.1 Å². The van der Waals surface area contributed by atoms with Crippen LogP contribution in [0.5, 0.6) is 0 Å². The van der Waals surface area contributed by atoms with Gasteiger partial charge in [0.2, 0.25) is 0 Å². The summed E-state index contributed by atoms with van der Waals surface area (Å²) < 4.78 is 26.0. The molecule has 0 bridgehead atoms. The van der Waals surface area contributed by atoms with Gasteiger partial charge in [-0.3, -0.25) is 9.59 Å². The van der Waals surface area contributed by atoms with Crippen molar-refractivity contribution in [1.29, 1.82) is 0 Å². The number of nitrogens with one attached hydrogen (secondary N) is 1. The molecule has 2 rings (SSSR count). The van der Waals surface area contributed by atoms with Gasteiger partial charge >= 0.3 is 5.97 Å². The minimum atomic E-state index is -2.53. The molecule has 0 unspecified atom stereocenters. The van der Waals surface area contributed by atoms with E-state index in [2.05, 4.69) is 5.32 Å². The number of amides is 1. The molecule has 0 aliphatic heterocycles. The second kappa shape index (κ2) is 6.24. The Morgan fingerprint density at radius 2 is 2.14 bits per heavy atom. The van der Waals surface area contributed by atoms with Gasteiger partial charge in [-0.25, -0.2) is 8.78 Å². The number of carbonyl (C=O) groups is 2. The molecule has 1 aromatic rings. The van der Waals surface area contributed by atoms with Crippen LogP contribution in [-0.2, 0) is 11.3 Å². The molecular formula is C14H18F2N2O3. The first-order valence-corrected chi connectivity index (χ1v) is 6.85. The average molecular weight is 300 g/mol. The van der Waals surface area contributed by atoms with Gasteiger partial charge < -0.3 is 15.0 Å². The molecule has 1 aliphatic rings. The highest BCUT2D eigenvalue weighted by Gasteiger charge is 2.39. The topological polar surface area (TPSA) is 71.3 Å². The molecule has 1 fully saturated rings. The van der Waals surface area contributed by atoms with E-state index in [0.717, 1.165) is 19.3 Å². The summed E-state index contributed by atoms with van der Waals surface area (Å²) in [5.74, 6) is -1.33. The van der Waals surface area contributed by atoms with Gasteiger partial charge in [0.1, 0.15) is 5.69 Å². The van der Waals surface area contributed by atoms with Crippen molar-refractivity contribution >= 4 is 11.9 Å². The van der Waals surface area contributed by atoms with Gasteiger partial charge in [0, 0.05) is 12.7 Å². The van der Waals surface area contributed by atoms with Gasteiger partial charge in [-0.2, -0.15) is 0 Å². The second-order valence-corrected chi connectivity index (χ2v) is 5.54. The average Bonchev–Trinajstić information content (AvgIpc) is 2.78. The molecule has 116 valence electrons. The van der Waals surface area contributed by atoms with E-state index in [1.165, 1.54) is 22.9 Å². The zero-order chi connectivity index (χ0) is 15.5. The third-order valence-corrected chi connectivity index (χ3v) is 3.96. The summed E-state index contributed by atoms with van der Waals surface area (Å²) in [5, 5.41) is 11.6. The van der Waals surface area contributed by atoms with Crippen LogP contribution in [0.15, 0.2) is 18.3 Å². The molecule has 5 nitrogen and oxygen atoms in total. The lowest BCUT2D eigenvalue weighted by atomic mass is 9.66. The molecule has 1 amide bonds. The monoisotopic (exact) mass is 300 g/mol. The van der Waals surface area contributed by atoms with E-state index in [1.807, 2.05) is 0 Å². The predicted octanol–water partition coefficient (Wildman–Crippen LogP) is 2.13. The summed E-state index contributed by atoms with van der Waals surface area (Å²) in [6, 6.07) is 3.01. The van der Waals surface area contributed by atoms with Crippen LogP contribution < -0.4 is 5.32 Å². The van der Waals surface area contributed by atoms with Crippen LogP contribution in [0.25, 0.3) is 0 Å². The first-order valence-electron chi connectivity index (χ1n) is 6.85. The third-order valence-electron chi connectivity index (χ3n) is 3.96. The Kier molecular flexibility index (Phi) is 4.59. The minimum Gasteiger partial charge on any atom is -0.481 e. The van der Waals surface area contributed by atoms with Crippen molar-refractivity contribution in [2.75, 3.05) is 6.54 Å². The molecule has 0 aromatic carbocycles. The highest BCUT2D eigenvalue weighted by Crippen LogP contribution is 2.43. The first-order chi connectivity index (χ1) is 9.92. The van der Waals surface area contributed by atoms with Crippen LogP contribution in [0.2, 0.25) is 0 Å². The summed E-state index contributed by atoms with van der Waals surface area (Å²) in [6.45, 7) is -0.270. The van der Waals surface area contributed by atoms with E-state index >= 15 is 0 Å². The zero-order valence-corrected chi connectivity index (χ0v) is 11.5. The quantitative estimate of drug-likeness (QED) is 0.810. The molecule has 7 heteroatoms. The Hall–Kier alpha value is -1.92. The van der Waals surface area contributed by atoms with Crippen LogP contribution in [0.4, 0.5) is 8.78 Å². The van der Waals surface area contributed by atoms with Crippen molar-refractivity contribution in [2.45, 2.75) is 38.7 Å². The van der Waals surface area contributed by atoms with Crippen LogP contribution in [0.1, 0.15) is 36.2 Å². The van der Waals surface area contributed by atoms with Gasteiger partial charge in [-0.1, -0.05) is 6.42 Å². The lowest BCUT2D eigenvalue weighted by Crippen LogP contribution is -2.43. The molecule has 1 aromatic heterocycles. The molecule has 0 radical (unpaired) electrons. The smallest absolute Gasteiger partial charge is 0.303 e. The van der Waals surface area contributed by atoms with Crippen molar-refractivity contribution in [1.82, 2.24) is 9.88 Å². The van der Waals surface area contributed by atoms with Crippen molar-refractivity contribution in [3.63, 3.8) is 0 Å². The fourth-order valence-corrected chi connectivity index (χ4v) is 2.70.